The predicted octanol–water partition coefficient (Wildman–Crippen LogP) is 4.87. The van der Waals surface area contributed by atoms with Crippen LogP contribution >= 0.6 is 23.5 Å². The van der Waals surface area contributed by atoms with E-state index in [1.807, 2.05) is 6.92 Å². The van der Waals surface area contributed by atoms with Gasteiger partial charge in [-0.3, -0.25) is 4.57 Å². The van der Waals surface area contributed by atoms with Crippen molar-refractivity contribution in [1.29, 1.82) is 0 Å². The zero-order chi connectivity index (χ0) is 21.9. The summed E-state index contributed by atoms with van der Waals surface area (Å²) in [6, 6.07) is 5.75. The Labute approximate surface area is 180 Å². The largest absolute Gasteiger partial charge is 0.480 e. The lowest BCUT2D eigenvalue weighted by Crippen LogP contribution is -2.42. The van der Waals surface area contributed by atoms with Gasteiger partial charge in [0.05, 0.1) is 19.8 Å². The minimum atomic E-state index is -3.37. The van der Waals surface area contributed by atoms with Crippen LogP contribution in [0.5, 0.6) is 0 Å². The molecule has 0 bridgehead atoms. The van der Waals surface area contributed by atoms with Crippen molar-refractivity contribution in [3.8, 4) is 0 Å². The summed E-state index contributed by atoms with van der Waals surface area (Å²) < 4.78 is 27.9. The molecule has 164 valence electrons. The first-order valence-corrected chi connectivity index (χ1v) is 12.1. The van der Waals surface area contributed by atoms with Crippen LogP contribution in [0.4, 0.5) is 4.79 Å². The van der Waals surface area contributed by atoms with Gasteiger partial charge in [0.2, 0.25) is 0 Å². The number of alkyl carbamates (subject to hydrolysis) is 1. The first-order valence-electron chi connectivity index (χ1n) is 9.55. The Morgan fingerprint density at radius 2 is 1.72 bits per heavy atom. The first kappa shape index (κ1) is 25.6. The van der Waals surface area contributed by atoms with Crippen LogP contribution in [0.15, 0.2) is 24.3 Å². The van der Waals surface area contributed by atoms with E-state index in [2.05, 4.69) is 21.2 Å². The molecule has 29 heavy (non-hydrogen) atoms. The fraction of sp³-hybridized carbons (Fsp3) is 0.579. The van der Waals surface area contributed by atoms with Gasteiger partial charge in [0, 0.05) is 6.42 Å². The van der Waals surface area contributed by atoms with Crippen LogP contribution in [-0.4, -0.2) is 43.0 Å². The third kappa shape index (κ3) is 8.46. The molecule has 0 saturated carbocycles. The zero-order valence-corrected chi connectivity index (χ0v) is 19.4. The fourth-order valence-electron chi connectivity index (χ4n) is 2.45. The molecule has 1 aromatic carbocycles. The maximum Gasteiger partial charge on any atom is 0.407 e. The second-order valence-corrected chi connectivity index (χ2v) is 9.92. The summed E-state index contributed by atoms with van der Waals surface area (Å²) in [4.78, 5) is 23.2. The number of aliphatic carboxylic acids is 1. The first-order chi connectivity index (χ1) is 13.8. The van der Waals surface area contributed by atoms with E-state index in [-0.39, 0.29) is 26.2 Å². The molecule has 0 fully saturated rings. The number of carboxylic acids is 1. The number of hydrogen-bond donors (Lipinski definition) is 2. The molecule has 10 heteroatoms. The Morgan fingerprint density at radius 1 is 1.14 bits per heavy atom. The van der Waals surface area contributed by atoms with E-state index in [9.17, 15) is 19.3 Å². The van der Waals surface area contributed by atoms with Gasteiger partial charge >= 0.3 is 19.7 Å². The van der Waals surface area contributed by atoms with E-state index >= 15 is 0 Å². The Hall–Kier alpha value is -1.41. The molecule has 0 aliphatic rings. The smallest absolute Gasteiger partial charge is 0.407 e. The van der Waals surface area contributed by atoms with Crippen LogP contribution in [0.25, 0.3) is 0 Å². The van der Waals surface area contributed by atoms with E-state index in [1.54, 1.807) is 38.1 Å². The van der Waals surface area contributed by atoms with Crippen LogP contribution in [0.2, 0.25) is 0 Å². The molecule has 2 unspecified atom stereocenters. The maximum absolute atomic E-state index is 12.9. The number of ether oxygens (including phenoxy) is 1. The van der Waals surface area contributed by atoms with Gasteiger partial charge in [-0.25, -0.2) is 9.59 Å². The van der Waals surface area contributed by atoms with Crippen LogP contribution in [-0.2, 0) is 29.6 Å². The lowest BCUT2D eigenvalue weighted by atomic mass is 10.0. The summed E-state index contributed by atoms with van der Waals surface area (Å²) in [6.07, 6.45) is 0.918. The average molecular weight is 494 g/mol. The second-order valence-electron chi connectivity index (χ2n) is 6.18. The minimum Gasteiger partial charge on any atom is -0.480 e. The molecule has 0 aromatic heterocycles. The maximum atomic E-state index is 12.9. The van der Waals surface area contributed by atoms with Crippen molar-refractivity contribution in [2.24, 2.45) is 0 Å². The van der Waals surface area contributed by atoms with Gasteiger partial charge in [0.1, 0.15) is 10.6 Å². The SMILES string of the molecule is CCCCOC(=O)NC(Cc1ccc(C(Br)P(=O)(OCC)OCC)cc1)C(=O)O. The standard InChI is InChI=1S/C19H29BrNO7P/c1-4-7-12-26-19(24)21-16(18(22)23)13-14-8-10-15(11-9-14)17(20)29(25,27-5-2)28-6-3/h8-11,16-17H,4-7,12-13H2,1-3H3,(H,21,24)(H,22,23). The molecule has 2 N–H and O–H groups in total. The van der Waals surface area contributed by atoms with Crippen LogP contribution in [0, 0.1) is 0 Å². The van der Waals surface area contributed by atoms with Crippen molar-refractivity contribution < 1.29 is 33.0 Å². The number of carbonyl (C=O) groups is 2. The van der Waals surface area contributed by atoms with E-state index in [1.165, 1.54) is 0 Å². The number of rotatable bonds is 13. The summed E-state index contributed by atoms with van der Waals surface area (Å²) in [7, 11) is -3.37. The zero-order valence-electron chi connectivity index (χ0n) is 16.9. The molecule has 1 rings (SSSR count). The van der Waals surface area contributed by atoms with E-state index in [0.29, 0.717) is 17.5 Å². The number of halogens is 1. The molecular formula is C19H29BrNO7P. The third-order valence-corrected chi connectivity index (χ3v) is 8.03. The Bertz CT molecular complexity index is 688. The number of benzene rings is 1. The molecule has 0 radical (unpaired) electrons. The highest BCUT2D eigenvalue weighted by molar-refractivity contribution is 9.10. The van der Waals surface area contributed by atoms with E-state index < -0.39 is 30.3 Å². The van der Waals surface area contributed by atoms with Gasteiger partial charge in [0.25, 0.3) is 0 Å². The highest BCUT2D eigenvalue weighted by Crippen LogP contribution is 2.63. The van der Waals surface area contributed by atoms with Gasteiger partial charge < -0.3 is 24.2 Å². The average Bonchev–Trinajstić information content (AvgIpc) is 2.68. The Kier molecular flexibility index (Phi) is 11.5. The van der Waals surface area contributed by atoms with E-state index in [0.717, 1.165) is 6.42 Å². The highest BCUT2D eigenvalue weighted by Gasteiger charge is 2.34. The van der Waals surface area contributed by atoms with Crippen LogP contribution < -0.4 is 5.32 Å². The molecule has 8 nitrogen and oxygen atoms in total. The molecule has 1 aromatic rings. The minimum absolute atomic E-state index is 0.0834. The van der Waals surface area contributed by atoms with Gasteiger partial charge in [-0.2, -0.15) is 0 Å². The van der Waals surface area contributed by atoms with Crippen molar-refractivity contribution in [3.05, 3.63) is 35.4 Å². The normalized spacial score (nSPS) is 13.5. The van der Waals surface area contributed by atoms with Crippen molar-refractivity contribution >= 4 is 35.6 Å². The van der Waals surface area contributed by atoms with Crippen molar-refractivity contribution in [2.75, 3.05) is 19.8 Å². The second kappa shape index (κ2) is 13.0. The monoisotopic (exact) mass is 493 g/mol. The van der Waals surface area contributed by atoms with Gasteiger partial charge in [-0.05, 0) is 31.4 Å². The molecule has 0 aliphatic carbocycles. The number of hydrogen-bond acceptors (Lipinski definition) is 6. The molecular weight excluding hydrogens is 465 g/mol. The number of amides is 1. The summed E-state index contributed by atoms with van der Waals surface area (Å²) in [5, 5.41) is 11.7. The van der Waals surface area contributed by atoms with Crippen molar-refractivity contribution in [3.63, 3.8) is 0 Å². The van der Waals surface area contributed by atoms with Crippen LogP contribution in [0.3, 0.4) is 0 Å². The van der Waals surface area contributed by atoms with E-state index in [4.69, 9.17) is 13.8 Å². The third-order valence-electron chi connectivity index (χ3n) is 3.91. The quantitative estimate of drug-likeness (QED) is 0.229. The van der Waals surface area contributed by atoms with Crippen molar-refractivity contribution in [2.45, 2.75) is 50.6 Å². The molecule has 0 aliphatic heterocycles. The molecule has 0 spiro atoms. The summed E-state index contributed by atoms with van der Waals surface area (Å²) in [5.74, 6) is -1.16. The highest BCUT2D eigenvalue weighted by atomic mass is 79.9. The topological polar surface area (TPSA) is 111 Å². The number of carboxylic acid groups (broad SMARTS) is 1. The van der Waals surface area contributed by atoms with Gasteiger partial charge in [-0.15, -0.1) is 0 Å². The van der Waals surface area contributed by atoms with Gasteiger partial charge in [-0.1, -0.05) is 53.5 Å². The van der Waals surface area contributed by atoms with Gasteiger partial charge in [0.15, 0.2) is 0 Å². The summed E-state index contributed by atoms with van der Waals surface area (Å²) in [5.41, 5.74) is 1.37. The summed E-state index contributed by atoms with van der Waals surface area (Å²) >= 11 is 3.39. The molecule has 0 heterocycles. The Balaban J connectivity index is 2.81. The number of alkyl halides is 1. The number of unbranched alkanes of at least 4 members (excludes halogenated alkanes) is 1. The summed E-state index contributed by atoms with van der Waals surface area (Å²) in [6.45, 7) is 6.18. The lowest BCUT2D eigenvalue weighted by Gasteiger charge is -2.22. The lowest BCUT2D eigenvalue weighted by molar-refractivity contribution is -0.139. The predicted molar refractivity (Wildman–Crippen MR) is 113 cm³/mol. The Morgan fingerprint density at radius 3 is 2.21 bits per heavy atom. The molecule has 0 saturated heterocycles. The number of nitrogens with one attached hydrogen (secondary N) is 1. The fourth-order valence-corrected chi connectivity index (χ4v) is 5.06. The number of carbonyl (C=O) groups excluding carboxylic acids is 1. The van der Waals surface area contributed by atoms with Crippen molar-refractivity contribution in [1.82, 2.24) is 5.32 Å². The van der Waals surface area contributed by atoms with Crippen LogP contribution in [0.1, 0.15) is 49.3 Å². The molecule has 1 amide bonds. The molecule has 2 atom stereocenters.